The number of hydrogen-bond acceptors (Lipinski definition) is 6. The van der Waals surface area contributed by atoms with Crippen molar-refractivity contribution in [3.05, 3.63) is 29.8 Å². The van der Waals surface area contributed by atoms with Crippen molar-refractivity contribution in [2.75, 3.05) is 19.4 Å². The summed E-state index contributed by atoms with van der Waals surface area (Å²) < 4.78 is 5.67. The van der Waals surface area contributed by atoms with Gasteiger partial charge < -0.3 is 24.3 Å². The standard InChI is InChI=1S/C26H33N9O2/c1-6-33-19(26(37)35(16-7-8-16)17-9-10-17)12-18-23-22(27-14-32(23)5)24(29-25(18)33)28-20-11-15(2)34(30-20)13-21(36)31(3)4/h11-12,14,16-17H,6-10,13H2,1-5H3,(H,28,29,30). The summed E-state index contributed by atoms with van der Waals surface area (Å²) in [6, 6.07) is 4.64. The minimum atomic E-state index is -0.0335. The second-order valence-electron chi connectivity index (χ2n) is 10.4. The van der Waals surface area contributed by atoms with Crippen molar-refractivity contribution in [1.82, 2.24) is 38.7 Å². The number of likely N-dealkylation sites (N-methyl/N-ethyl adjacent to an activating group) is 1. The van der Waals surface area contributed by atoms with Crippen molar-refractivity contribution >= 4 is 45.5 Å². The first-order chi connectivity index (χ1) is 17.8. The molecule has 4 heterocycles. The summed E-state index contributed by atoms with van der Waals surface area (Å²) in [7, 11) is 5.41. The van der Waals surface area contributed by atoms with Crippen LogP contribution in [0.15, 0.2) is 18.5 Å². The number of aryl methyl sites for hydroxylation is 3. The molecule has 2 aliphatic carbocycles. The molecule has 2 aliphatic rings. The molecule has 0 radical (unpaired) electrons. The van der Waals surface area contributed by atoms with Crippen LogP contribution in [0.1, 0.15) is 48.8 Å². The van der Waals surface area contributed by atoms with Gasteiger partial charge in [-0.25, -0.2) is 9.97 Å². The van der Waals surface area contributed by atoms with E-state index in [2.05, 4.69) is 20.3 Å². The summed E-state index contributed by atoms with van der Waals surface area (Å²) in [4.78, 5) is 39.2. The van der Waals surface area contributed by atoms with Crippen LogP contribution in [0.25, 0.3) is 22.1 Å². The lowest BCUT2D eigenvalue weighted by atomic mass is 10.2. The average molecular weight is 504 g/mol. The Hall–Kier alpha value is -3.89. The summed E-state index contributed by atoms with van der Waals surface area (Å²) in [5.74, 6) is 1.23. The molecule has 0 aliphatic heterocycles. The van der Waals surface area contributed by atoms with Crippen LogP contribution in [0.4, 0.5) is 11.6 Å². The van der Waals surface area contributed by atoms with E-state index in [4.69, 9.17) is 4.98 Å². The van der Waals surface area contributed by atoms with Crippen molar-refractivity contribution in [2.45, 2.75) is 64.7 Å². The number of aromatic nitrogens is 6. The maximum Gasteiger partial charge on any atom is 0.271 e. The molecule has 2 amide bonds. The summed E-state index contributed by atoms with van der Waals surface area (Å²) in [6.07, 6.45) is 6.15. The van der Waals surface area contributed by atoms with E-state index in [1.807, 2.05) is 42.2 Å². The van der Waals surface area contributed by atoms with Crippen LogP contribution in [-0.4, -0.2) is 76.7 Å². The van der Waals surface area contributed by atoms with E-state index in [9.17, 15) is 9.59 Å². The van der Waals surface area contributed by atoms with Gasteiger partial charge in [0.15, 0.2) is 11.6 Å². The molecule has 194 valence electrons. The van der Waals surface area contributed by atoms with Crippen molar-refractivity contribution in [2.24, 2.45) is 7.05 Å². The summed E-state index contributed by atoms with van der Waals surface area (Å²) in [6.45, 7) is 4.75. The Bertz CT molecular complexity index is 1520. The van der Waals surface area contributed by atoms with Gasteiger partial charge in [-0.05, 0) is 45.6 Å². The Balaban J connectivity index is 1.42. The van der Waals surface area contributed by atoms with E-state index < -0.39 is 0 Å². The van der Waals surface area contributed by atoms with Gasteiger partial charge in [-0.2, -0.15) is 5.10 Å². The summed E-state index contributed by atoms with van der Waals surface area (Å²) in [5.41, 5.74) is 3.92. The highest BCUT2D eigenvalue weighted by molar-refractivity contribution is 6.10. The first-order valence-corrected chi connectivity index (χ1v) is 12.9. The molecule has 4 aromatic rings. The van der Waals surface area contributed by atoms with Crippen LogP contribution >= 0.6 is 0 Å². The highest BCUT2D eigenvalue weighted by atomic mass is 16.2. The number of anilines is 2. The fourth-order valence-corrected chi connectivity index (χ4v) is 5.09. The highest BCUT2D eigenvalue weighted by Crippen LogP contribution is 2.39. The molecular weight excluding hydrogens is 470 g/mol. The van der Waals surface area contributed by atoms with Crippen LogP contribution in [0.2, 0.25) is 0 Å². The SMILES string of the molecule is CCn1c(C(=O)N(C2CC2)C2CC2)cc2c3c(ncn3C)c(Nc3cc(C)n(CC(=O)N(C)C)n3)nc21. The molecule has 0 saturated heterocycles. The number of rotatable bonds is 8. The molecular formula is C26H33N9O2. The lowest BCUT2D eigenvalue weighted by Gasteiger charge is -2.22. The third-order valence-corrected chi connectivity index (χ3v) is 7.36. The average Bonchev–Trinajstić information content (AvgIpc) is 3.77. The molecule has 2 saturated carbocycles. The van der Waals surface area contributed by atoms with Gasteiger partial charge in [-0.3, -0.25) is 14.3 Å². The number of nitrogens with zero attached hydrogens (tertiary/aromatic N) is 8. The second-order valence-corrected chi connectivity index (χ2v) is 10.4. The quantitative estimate of drug-likeness (QED) is 0.396. The topological polar surface area (TPSA) is 106 Å². The Morgan fingerprint density at radius 3 is 2.46 bits per heavy atom. The fourth-order valence-electron chi connectivity index (χ4n) is 5.09. The molecule has 0 spiro atoms. The van der Waals surface area contributed by atoms with E-state index in [0.29, 0.717) is 41.5 Å². The summed E-state index contributed by atoms with van der Waals surface area (Å²) >= 11 is 0. The number of nitrogens with one attached hydrogen (secondary N) is 1. The number of carbonyl (C=O) groups excluding carboxylic acids is 2. The van der Waals surface area contributed by atoms with Crippen LogP contribution in [0.3, 0.4) is 0 Å². The number of amides is 2. The molecule has 37 heavy (non-hydrogen) atoms. The molecule has 0 unspecified atom stereocenters. The molecule has 11 nitrogen and oxygen atoms in total. The number of pyridine rings is 1. The van der Waals surface area contributed by atoms with Crippen molar-refractivity contribution in [3.8, 4) is 0 Å². The van der Waals surface area contributed by atoms with Crippen LogP contribution in [-0.2, 0) is 24.9 Å². The largest absolute Gasteiger partial charge is 0.347 e. The summed E-state index contributed by atoms with van der Waals surface area (Å²) in [5, 5.41) is 8.83. The van der Waals surface area contributed by atoms with Crippen LogP contribution in [0, 0.1) is 6.92 Å². The number of hydrogen-bond donors (Lipinski definition) is 1. The minimum absolute atomic E-state index is 0.0335. The molecule has 0 aromatic carbocycles. The lowest BCUT2D eigenvalue weighted by Crippen LogP contribution is -2.36. The Kier molecular flexibility index (Phi) is 5.46. The van der Waals surface area contributed by atoms with Crippen molar-refractivity contribution in [3.63, 3.8) is 0 Å². The molecule has 0 bridgehead atoms. The van der Waals surface area contributed by atoms with Gasteiger partial charge in [0.25, 0.3) is 5.91 Å². The first-order valence-electron chi connectivity index (χ1n) is 12.9. The van der Waals surface area contributed by atoms with Gasteiger partial charge in [-0.1, -0.05) is 0 Å². The van der Waals surface area contributed by atoms with Gasteiger partial charge in [0.1, 0.15) is 23.4 Å². The second kappa shape index (κ2) is 8.60. The molecule has 4 aromatic heterocycles. The minimum Gasteiger partial charge on any atom is -0.347 e. The zero-order valence-electron chi connectivity index (χ0n) is 22.0. The zero-order valence-corrected chi connectivity index (χ0v) is 22.0. The van der Waals surface area contributed by atoms with E-state index in [1.165, 1.54) is 0 Å². The Morgan fingerprint density at radius 2 is 1.84 bits per heavy atom. The molecule has 11 heteroatoms. The smallest absolute Gasteiger partial charge is 0.271 e. The first kappa shape index (κ1) is 23.5. The zero-order chi connectivity index (χ0) is 26.0. The normalized spacial score (nSPS) is 15.5. The molecule has 2 fully saturated rings. The maximum absolute atomic E-state index is 13.8. The lowest BCUT2D eigenvalue weighted by molar-refractivity contribution is -0.129. The molecule has 0 atom stereocenters. The monoisotopic (exact) mass is 503 g/mol. The predicted octanol–water partition coefficient (Wildman–Crippen LogP) is 3.05. The van der Waals surface area contributed by atoms with E-state index >= 15 is 0 Å². The van der Waals surface area contributed by atoms with Crippen molar-refractivity contribution < 1.29 is 9.59 Å². The maximum atomic E-state index is 13.8. The van der Waals surface area contributed by atoms with Crippen molar-refractivity contribution in [1.29, 1.82) is 0 Å². The van der Waals surface area contributed by atoms with E-state index in [-0.39, 0.29) is 18.4 Å². The van der Waals surface area contributed by atoms with Gasteiger partial charge >= 0.3 is 0 Å². The van der Waals surface area contributed by atoms with Gasteiger partial charge in [0, 0.05) is 56.9 Å². The number of imidazole rings is 1. The Morgan fingerprint density at radius 1 is 1.14 bits per heavy atom. The fraction of sp³-hybridized carbons (Fsp3) is 0.500. The van der Waals surface area contributed by atoms with Gasteiger partial charge in [0.05, 0.1) is 11.8 Å². The molecule has 6 rings (SSSR count). The van der Waals surface area contributed by atoms with E-state index in [0.717, 1.165) is 47.9 Å². The van der Waals surface area contributed by atoms with Crippen LogP contribution in [0.5, 0.6) is 0 Å². The number of carbonyl (C=O) groups is 2. The number of fused-ring (bicyclic) bond motifs is 3. The van der Waals surface area contributed by atoms with Crippen LogP contribution < -0.4 is 5.32 Å². The highest BCUT2D eigenvalue weighted by Gasteiger charge is 2.43. The third-order valence-electron chi connectivity index (χ3n) is 7.36. The van der Waals surface area contributed by atoms with Gasteiger partial charge in [0.2, 0.25) is 5.91 Å². The van der Waals surface area contributed by atoms with Gasteiger partial charge in [-0.15, -0.1) is 0 Å². The van der Waals surface area contributed by atoms with E-state index in [1.54, 1.807) is 30.0 Å². The Labute approximate surface area is 215 Å². The molecule has 1 N–H and O–H groups in total. The predicted molar refractivity (Wildman–Crippen MR) is 141 cm³/mol. The third kappa shape index (κ3) is 4.02.